The van der Waals surface area contributed by atoms with E-state index in [9.17, 15) is 9.59 Å². The first-order valence-corrected chi connectivity index (χ1v) is 10.9. The minimum atomic E-state index is -0.773. The Kier molecular flexibility index (Phi) is 4.76. The maximum absolute atomic E-state index is 12.8. The molecule has 4 aliphatic rings. The van der Waals surface area contributed by atoms with Crippen molar-refractivity contribution in [3.63, 3.8) is 0 Å². The minimum Gasteiger partial charge on any atom is -0.449 e. The lowest BCUT2D eigenvalue weighted by atomic mass is 9.53. The highest BCUT2D eigenvalue weighted by atomic mass is 32.2. The van der Waals surface area contributed by atoms with Gasteiger partial charge in [-0.15, -0.1) is 11.8 Å². The average molecular weight is 374 g/mol. The summed E-state index contributed by atoms with van der Waals surface area (Å²) >= 11 is 1.50. The lowest BCUT2D eigenvalue weighted by Crippen LogP contribution is -2.61. The number of amides is 1. The number of carbonyl (C=O) groups excluding carboxylic acids is 2. The number of esters is 1. The largest absolute Gasteiger partial charge is 0.449 e. The van der Waals surface area contributed by atoms with Crippen molar-refractivity contribution in [2.75, 3.05) is 6.26 Å². The van der Waals surface area contributed by atoms with Crippen molar-refractivity contribution < 1.29 is 14.3 Å². The molecule has 0 unspecified atom stereocenters. The van der Waals surface area contributed by atoms with E-state index in [1.165, 1.54) is 31.0 Å². The van der Waals surface area contributed by atoms with Crippen molar-refractivity contribution in [3.8, 4) is 0 Å². The van der Waals surface area contributed by atoms with Gasteiger partial charge >= 0.3 is 5.97 Å². The van der Waals surface area contributed by atoms with Gasteiger partial charge in [-0.3, -0.25) is 4.79 Å². The highest BCUT2D eigenvalue weighted by molar-refractivity contribution is 7.98. The minimum absolute atomic E-state index is 0.0519. The van der Waals surface area contributed by atoms with Crippen LogP contribution < -0.4 is 5.32 Å². The number of carbonyl (C=O) groups is 2. The van der Waals surface area contributed by atoms with Crippen LogP contribution in [0.1, 0.15) is 55.8 Å². The van der Waals surface area contributed by atoms with Crippen LogP contribution in [0.5, 0.6) is 0 Å². The highest BCUT2D eigenvalue weighted by Crippen LogP contribution is 2.55. The third-order valence-corrected chi connectivity index (χ3v) is 7.20. The first-order chi connectivity index (χ1) is 12.5. The Labute approximate surface area is 159 Å². The number of hydrogen-bond donors (Lipinski definition) is 1. The molecule has 1 aromatic carbocycles. The van der Waals surface area contributed by atoms with Crippen LogP contribution in [0.2, 0.25) is 0 Å². The molecule has 5 heteroatoms. The molecule has 4 nitrogen and oxygen atoms in total. The zero-order chi connectivity index (χ0) is 18.3. The van der Waals surface area contributed by atoms with E-state index in [-0.39, 0.29) is 11.4 Å². The fraction of sp³-hybridized carbons (Fsp3) is 0.619. The van der Waals surface area contributed by atoms with Crippen LogP contribution in [0.3, 0.4) is 0 Å². The summed E-state index contributed by atoms with van der Waals surface area (Å²) in [6.45, 7) is 1.68. The monoisotopic (exact) mass is 373 g/mol. The van der Waals surface area contributed by atoms with E-state index in [0.29, 0.717) is 5.56 Å². The van der Waals surface area contributed by atoms with Gasteiger partial charge in [0.1, 0.15) is 0 Å². The van der Waals surface area contributed by atoms with Crippen LogP contribution >= 0.6 is 11.8 Å². The van der Waals surface area contributed by atoms with Gasteiger partial charge in [0.25, 0.3) is 5.91 Å². The second kappa shape index (κ2) is 6.91. The molecule has 1 N–H and O–H groups in total. The van der Waals surface area contributed by atoms with Gasteiger partial charge in [0.05, 0.1) is 5.56 Å². The zero-order valence-electron chi connectivity index (χ0n) is 15.5. The lowest BCUT2D eigenvalue weighted by Gasteiger charge is -2.57. The predicted octanol–water partition coefficient (Wildman–Crippen LogP) is 4.04. The Bertz CT molecular complexity index is 682. The summed E-state index contributed by atoms with van der Waals surface area (Å²) in [5, 5.41) is 3.29. The van der Waals surface area contributed by atoms with E-state index >= 15 is 0 Å². The molecule has 0 radical (unpaired) electrons. The fourth-order valence-electron chi connectivity index (χ4n) is 5.72. The van der Waals surface area contributed by atoms with Crippen molar-refractivity contribution in [1.82, 2.24) is 5.32 Å². The molecule has 4 bridgehead atoms. The molecule has 26 heavy (non-hydrogen) atoms. The Morgan fingerprint density at radius 2 is 1.69 bits per heavy atom. The molecule has 0 aromatic heterocycles. The summed E-state index contributed by atoms with van der Waals surface area (Å²) in [4.78, 5) is 26.1. The maximum Gasteiger partial charge on any atom is 0.340 e. The summed E-state index contributed by atoms with van der Waals surface area (Å²) in [6, 6.07) is 7.35. The first-order valence-electron chi connectivity index (χ1n) is 9.64. The number of rotatable bonds is 5. The number of nitrogens with one attached hydrogen (secondary N) is 1. The van der Waals surface area contributed by atoms with Crippen molar-refractivity contribution in [3.05, 3.63) is 29.8 Å². The van der Waals surface area contributed by atoms with E-state index < -0.39 is 12.1 Å². The van der Waals surface area contributed by atoms with E-state index in [2.05, 4.69) is 5.32 Å². The highest BCUT2D eigenvalue weighted by Gasteiger charge is 2.51. The quantitative estimate of drug-likeness (QED) is 0.625. The maximum atomic E-state index is 12.8. The van der Waals surface area contributed by atoms with Gasteiger partial charge in [-0.05, 0) is 81.6 Å². The van der Waals surface area contributed by atoms with Gasteiger partial charge in [-0.1, -0.05) is 12.1 Å². The van der Waals surface area contributed by atoms with Gasteiger partial charge in [-0.2, -0.15) is 0 Å². The number of benzene rings is 1. The predicted molar refractivity (Wildman–Crippen MR) is 102 cm³/mol. The fourth-order valence-corrected chi connectivity index (χ4v) is 6.30. The Balaban J connectivity index is 1.40. The molecule has 1 atom stereocenters. The van der Waals surface area contributed by atoms with Crippen molar-refractivity contribution >= 4 is 23.6 Å². The molecule has 4 saturated carbocycles. The Hall–Kier alpha value is -1.49. The van der Waals surface area contributed by atoms with Gasteiger partial charge in [0, 0.05) is 10.4 Å². The van der Waals surface area contributed by atoms with Crippen LogP contribution in [0.4, 0.5) is 0 Å². The van der Waals surface area contributed by atoms with E-state index in [1.807, 2.05) is 24.5 Å². The molecular formula is C21H27NO3S. The molecule has 0 saturated heterocycles. The van der Waals surface area contributed by atoms with E-state index in [0.717, 1.165) is 41.9 Å². The molecule has 0 spiro atoms. The van der Waals surface area contributed by atoms with Gasteiger partial charge in [-0.25, -0.2) is 4.79 Å². The SMILES string of the molecule is CSc1ccccc1C(=O)O[C@H](C)C(=O)NC12CC3CC(CC(C3)C1)C2. The van der Waals surface area contributed by atoms with Crippen LogP contribution in [-0.2, 0) is 9.53 Å². The van der Waals surface area contributed by atoms with Crippen molar-refractivity contribution in [2.24, 2.45) is 17.8 Å². The summed E-state index contributed by atoms with van der Waals surface area (Å²) in [5.41, 5.74) is 0.471. The zero-order valence-corrected chi connectivity index (χ0v) is 16.3. The van der Waals surface area contributed by atoms with Gasteiger partial charge in [0.15, 0.2) is 6.10 Å². The number of ether oxygens (including phenoxy) is 1. The van der Waals surface area contributed by atoms with Crippen LogP contribution in [0.25, 0.3) is 0 Å². The van der Waals surface area contributed by atoms with Crippen LogP contribution in [-0.4, -0.2) is 29.8 Å². The van der Waals surface area contributed by atoms with Gasteiger partial charge < -0.3 is 10.1 Å². The van der Waals surface area contributed by atoms with Crippen molar-refractivity contribution in [2.45, 2.75) is 62.0 Å². The number of hydrogen-bond acceptors (Lipinski definition) is 4. The molecule has 5 rings (SSSR count). The van der Waals surface area contributed by atoms with Crippen LogP contribution in [0.15, 0.2) is 29.2 Å². The summed E-state index contributed by atoms with van der Waals surface area (Å²) in [7, 11) is 0. The second-order valence-electron chi connectivity index (χ2n) is 8.43. The lowest BCUT2D eigenvalue weighted by molar-refractivity contribution is -0.134. The summed E-state index contributed by atoms with van der Waals surface area (Å²) in [6.07, 6.45) is 8.46. The third kappa shape index (κ3) is 3.38. The standard InChI is InChI=1S/C21H27NO3S/c1-13(25-20(24)17-5-3-4-6-18(17)26-2)19(23)22-21-10-14-7-15(11-21)9-16(8-14)12-21/h3-6,13-16H,7-12H2,1-2H3,(H,22,23)/t13-,14?,15?,16?,21?/m1/s1. The normalized spacial score (nSPS) is 32.9. The second-order valence-corrected chi connectivity index (χ2v) is 9.28. The molecule has 4 aliphatic carbocycles. The van der Waals surface area contributed by atoms with Gasteiger partial charge in [0.2, 0.25) is 0 Å². The van der Waals surface area contributed by atoms with E-state index in [4.69, 9.17) is 4.74 Å². The molecule has 140 valence electrons. The molecule has 1 amide bonds. The molecular weight excluding hydrogens is 346 g/mol. The topological polar surface area (TPSA) is 55.4 Å². The number of thioether (sulfide) groups is 1. The molecule has 4 fully saturated rings. The van der Waals surface area contributed by atoms with Crippen LogP contribution in [0, 0.1) is 17.8 Å². The smallest absolute Gasteiger partial charge is 0.340 e. The molecule has 0 heterocycles. The Morgan fingerprint density at radius 3 is 2.27 bits per heavy atom. The molecule has 1 aromatic rings. The molecule has 0 aliphatic heterocycles. The average Bonchev–Trinajstić information content (AvgIpc) is 2.59. The van der Waals surface area contributed by atoms with Crippen molar-refractivity contribution in [1.29, 1.82) is 0 Å². The third-order valence-electron chi connectivity index (χ3n) is 6.41. The first kappa shape index (κ1) is 17.9. The van der Waals surface area contributed by atoms with E-state index in [1.54, 1.807) is 13.0 Å². The summed E-state index contributed by atoms with van der Waals surface area (Å²) in [5.74, 6) is 1.73. The Morgan fingerprint density at radius 1 is 1.12 bits per heavy atom. The summed E-state index contributed by atoms with van der Waals surface area (Å²) < 4.78 is 5.49.